The average Bonchev–Trinajstić information content (AvgIpc) is 2.93. The van der Waals surface area contributed by atoms with Gasteiger partial charge in [-0.15, -0.1) is 0 Å². The van der Waals surface area contributed by atoms with Gasteiger partial charge in [-0.05, 0) is 49.0 Å². The summed E-state index contributed by atoms with van der Waals surface area (Å²) in [4.78, 5) is 0. The van der Waals surface area contributed by atoms with Crippen molar-refractivity contribution < 1.29 is 20.4 Å². The standard InChI is InChI=1S/C20H30O4/c1-17(11-21)15-4-3-13-9-14-10-19(13,7-8-20(14,24)12-22)18(15,2)6-5-16(17)23/h3-4,9,14-16,21-24H,5-8,10-12H2,1-2H3/t14-,15+,16-,17+,18+,19+,20+/m1/s1. The Morgan fingerprint density at radius 1 is 1.12 bits per heavy atom. The molecule has 4 rings (SSSR count). The maximum atomic E-state index is 10.8. The molecule has 4 aliphatic carbocycles. The van der Waals surface area contributed by atoms with E-state index in [9.17, 15) is 20.4 Å². The Labute approximate surface area is 143 Å². The Morgan fingerprint density at radius 2 is 1.88 bits per heavy atom. The largest absolute Gasteiger partial charge is 0.396 e. The second-order valence-corrected chi connectivity index (χ2v) is 9.25. The van der Waals surface area contributed by atoms with E-state index < -0.39 is 17.1 Å². The van der Waals surface area contributed by atoms with Gasteiger partial charge in [0.15, 0.2) is 0 Å². The van der Waals surface area contributed by atoms with Gasteiger partial charge in [0, 0.05) is 16.7 Å². The number of allylic oxidation sites excluding steroid dienone is 3. The van der Waals surface area contributed by atoms with Crippen LogP contribution in [0.1, 0.15) is 46.0 Å². The summed E-state index contributed by atoms with van der Waals surface area (Å²) in [5.41, 5.74) is -0.256. The van der Waals surface area contributed by atoms with Crippen LogP contribution in [0.3, 0.4) is 0 Å². The van der Waals surface area contributed by atoms with E-state index >= 15 is 0 Å². The molecule has 0 radical (unpaired) electrons. The molecule has 24 heavy (non-hydrogen) atoms. The average molecular weight is 334 g/mol. The first-order chi connectivity index (χ1) is 11.3. The smallest absolute Gasteiger partial charge is 0.0940 e. The molecule has 2 fully saturated rings. The van der Waals surface area contributed by atoms with Gasteiger partial charge in [-0.25, -0.2) is 0 Å². The van der Waals surface area contributed by atoms with E-state index in [4.69, 9.17) is 0 Å². The second-order valence-electron chi connectivity index (χ2n) is 9.25. The van der Waals surface area contributed by atoms with Gasteiger partial charge < -0.3 is 20.4 Å². The van der Waals surface area contributed by atoms with Crippen molar-refractivity contribution in [2.24, 2.45) is 28.1 Å². The van der Waals surface area contributed by atoms with Crippen LogP contribution in [0.25, 0.3) is 0 Å². The third-order valence-electron chi connectivity index (χ3n) is 8.45. The van der Waals surface area contributed by atoms with Crippen LogP contribution in [-0.2, 0) is 0 Å². The fourth-order valence-corrected chi connectivity index (χ4v) is 6.62. The molecule has 0 heterocycles. The number of aliphatic hydroxyl groups is 4. The summed E-state index contributed by atoms with van der Waals surface area (Å²) in [6.07, 6.45) is 10.0. The normalized spacial score (nSPS) is 55.8. The molecule has 4 heteroatoms. The molecule has 4 aliphatic rings. The number of hydrogen-bond acceptors (Lipinski definition) is 4. The lowest BCUT2D eigenvalue weighted by Crippen LogP contribution is -2.61. The third-order valence-corrected chi connectivity index (χ3v) is 8.45. The van der Waals surface area contributed by atoms with Crippen molar-refractivity contribution in [3.63, 3.8) is 0 Å². The molecule has 4 N–H and O–H groups in total. The van der Waals surface area contributed by atoms with Crippen LogP contribution in [0.2, 0.25) is 0 Å². The summed E-state index contributed by atoms with van der Waals surface area (Å²) in [6, 6.07) is 0. The molecule has 4 nitrogen and oxygen atoms in total. The topological polar surface area (TPSA) is 80.9 Å². The second kappa shape index (κ2) is 4.94. The van der Waals surface area contributed by atoms with Gasteiger partial charge in [-0.1, -0.05) is 32.1 Å². The first-order valence-corrected chi connectivity index (χ1v) is 9.28. The highest BCUT2D eigenvalue weighted by Gasteiger charge is 2.66. The Bertz CT molecular complexity index is 613. The minimum atomic E-state index is -0.996. The van der Waals surface area contributed by atoms with E-state index in [1.165, 1.54) is 5.57 Å². The van der Waals surface area contributed by atoms with Crippen LogP contribution in [0.4, 0.5) is 0 Å². The molecule has 2 bridgehead atoms. The van der Waals surface area contributed by atoms with Gasteiger partial charge in [-0.2, -0.15) is 0 Å². The van der Waals surface area contributed by atoms with Crippen LogP contribution in [0, 0.1) is 28.1 Å². The van der Waals surface area contributed by atoms with E-state index in [-0.39, 0.29) is 35.9 Å². The minimum absolute atomic E-state index is 0.00120. The van der Waals surface area contributed by atoms with Crippen LogP contribution in [-0.4, -0.2) is 45.3 Å². The molecule has 0 aromatic carbocycles. The molecular formula is C20H30O4. The molecule has 1 spiro atoms. The summed E-state index contributed by atoms with van der Waals surface area (Å²) in [6.45, 7) is 4.13. The van der Waals surface area contributed by atoms with Crippen molar-refractivity contribution in [3.8, 4) is 0 Å². The molecule has 0 aliphatic heterocycles. The summed E-state index contributed by atoms with van der Waals surface area (Å²) in [5, 5.41) is 41.1. The Balaban J connectivity index is 1.81. The zero-order valence-corrected chi connectivity index (χ0v) is 14.7. The molecule has 0 unspecified atom stereocenters. The SMILES string of the molecule is C[C@@]1(CO)[C@H](O)CC[C@@]2(C)[C@H]1C=CC1=C[C@@H]3C[C@@]12CC[C@]3(O)CO. The molecule has 134 valence electrons. The fourth-order valence-electron chi connectivity index (χ4n) is 6.62. The molecule has 2 saturated carbocycles. The maximum absolute atomic E-state index is 10.8. The van der Waals surface area contributed by atoms with Crippen LogP contribution >= 0.6 is 0 Å². The predicted octanol–water partition coefficient (Wildman–Crippen LogP) is 1.78. The maximum Gasteiger partial charge on any atom is 0.0940 e. The van der Waals surface area contributed by atoms with E-state index in [0.29, 0.717) is 12.8 Å². The zero-order valence-electron chi connectivity index (χ0n) is 14.7. The summed E-state index contributed by atoms with van der Waals surface area (Å²) >= 11 is 0. The van der Waals surface area contributed by atoms with Gasteiger partial charge in [0.1, 0.15) is 0 Å². The van der Waals surface area contributed by atoms with Gasteiger partial charge >= 0.3 is 0 Å². The Morgan fingerprint density at radius 3 is 2.54 bits per heavy atom. The monoisotopic (exact) mass is 334 g/mol. The number of rotatable bonds is 2. The Kier molecular flexibility index (Phi) is 3.45. The van der Waals surface area contributed by atoms with Gasteiger partial charge in [0.05, 0.1) is 24.9 Å². The highest BCUT2D eigenvalue weighted by atomic mass is 16.3. The van der Waals surface area contributed by atoms with Crippen molar-refractivity contribution in [1.82, 2.24) is 0 Å². The van der Waals surface area contributed by atoms with Crippen molar-refractivity contribution in [2.75, 3.05) is 13.2 Å². The first kappa shape index (κ1) is 16.8. The molecule has 0 aromatic rings. The minimum Gasteiger partial charge on any atom is -0.396 e. The number of aliphatic hydroxyl groups excluding tert-OH is 3. The van der Waals surface area contributed by atoms with Crippen LogP contribution in [0.15, 0.2) is 23.8 Å². The predicted molar refractivity (Wildman–Crippen MR) is 91.1 cm³/mol. The first-order valence-electron chi connectivity index (χ1n) is 9.28. The highest BCUT2D eigenvalue weighted by Crippen LogP contribution is 2.71. The zero-order chi connectivity index (χ0) is 17.4. The molecule has 0 saturated heterocycles. The van der Waals surface area contributed by atoms with Crippen LogP contribution < -0.4 is 0 Å². The third kappa shape index (κ3) is 1.73. The van der Waals surface area contributed by atoms with Crippen molar-refractivity contribution in [2.45, 2.75) is 57.7 Å². The van der Waals surface area contributed by atoms with Crippen molar-refractivity contribution >= 4 is 0 Å². The lowest BCUT2D eigenvalue weighted by Gasteiger charge is -2.64. The van der Waals surface area contributed by atoms with E-state index in [1.54, 1.807) is 0 Å². The lowest BCUT2D eigenvalue weighted by molar-refractivity contribution is -0.171. The van der Waals surface area contributed by atoms with Gasteiger partial charge in [-0.3, -0.25) is 0 Å². The quantitative estimate of drug-likeness (QED) is 0.620. The van der Waals surface area contributed by atoms with Crippen molar-refractivity contribution in [1.29, 1.82) is 0 Å². The number of hydrogen-bond donors (Lipinski definition) is 4. The summed E-state index contributed by atoms with van der Waals surface area (Å²) in [5.74, 6) is 0.119. The van der Waals surface area contributed by atoms with Crippen LogP contribution in [0.5, 0.6) is 0 Å². The fraction of sp³-hybridized carbons (Fsp3) is 0.800. The molecule has 0 amide bonds. The Hall–Kier alpha value is -0.680. The summed E-state index contributed by atoms with van der Waals surface area (Å²) in [7, 11) is 0. The summed E-state index contributed by atoms with van der Waals surface area (Å²) < 4.78 is 0. The van der Waals surface area contributed by atoms with Gasteiger partial charge in [0.25, 0.3) is 0 Å². The molecular weight excluding hydrogens is 304 g/mol. The van der Waals surface area contributed by atoms with Crippen molar-refractivity contribution in [3.05, 3.63) is 23.8 Å². The van der Waals surface area contributed by atoms with E-state index in [1.807, 2.05) is 6.92 Å². The van der Waals surface area contributed by atoms with E-state index in [2.05, 4.69) is 25.2 Å². The number of fused-ring (bicyclic) bond motifs is 2. The van der Waals surface area contributed by atoms with Gasteiger partial charge in [0.2, 0.25) is 0 Å². The molecule has 0 aromatic heterocycles. The molecule has 7 atom stereocenters. The lowest BCUT2D eigenvalue weighted by atomic mass is 9.41. The highest BCUT2D eigenvalue weighted by molar-refractivity contribution is 5.43. The van der Waals surface area contributed by atoms with E-state index in [0.717, 1.165) is 19.3 Å².